The number of hydrogen-bond donors (Lipinski definition) is 1. The molecule has 36 heavy (non-hydrogen) atoms. The zero-order valence-corrected chi connectivity index (χ0v) is 21.1. The van der Waals surface area contributed by atoms with Crippen molar-refractivity contribution in [1.29, 1.82) is 5.26 Å². The molecule has 0 bridgehead atoms. The molecule has 3 aromatic rings. The Kier molecular flexibility index (Phi) is 4.63. The van der Waals surface area contributed by atoms with Crippen LogP contribution in [0.3, 0.4) is 0 Å². The third-order valence-electron chi connectivity index (χ3n) is 8.30. The van der Waals surface area contributed by atoms with E-state index in [1.165, 1.54) is 0 Å². The minimum absolute atomic E-state index is 0.0103. The molecule has 0 spiro atoms. The number of nitriles is 1. The Morgan fingerprint density at radius 3 is 2.61 bits per heavy atom. The van der Waals surface area contributed by atoms with Crippen LogP contribution in [0.2, 0.25) is 0 Å². The van der Waals surface area contributed by atoms with Gasteiger partial charge in [0.25, 0.3) is 0 Å². The van der Waals surface area contributed by atoms with Gasteiger partial charge in [-0.1, -0.05) is 26.8 Å². The SMILES string of the molecule is [2H]C1([2H])CN(C2CCN(c3cc4c(cc3CC)C(=O)c3c([nH]c5cc(C#N)ccc35)C4(C)C)CC2)CC([2H])([2H])O1. The summed E-state index contributed by atoms with van der Waals surface area (Å²) in [6, 6.07) is 12.0. The van der Waals surface area contributed by atoms with Gasteiger partial charge in [-0.15, -0.1) is 0 Å². The van der Waals surface area contributed by atoms with Crippen LogP contribution in [0.4, 0.5) is 5.69 Å². The van der Waals surface area contributed by atoms with Crippen molar-refractivity contribution < 1.29 is 15.0 Å². The second kappa shape index (κ2) is 8.76. The maximum Gasteiger partial charge on any atom is 0.195 e. The molecular weight excluding hydrogens is 448 g/mol. The molecule has 0 amide bonds. The van der Waals surface area contributed by atoms with E-state index in [9.17, 15) is 10.1 Å². The highest BCUT2D eigenvalue weighted by Gasteiger charge is 2.40. The van der Waals surface area contributed by atoms with Crippen LogP contribution < -0.4 is 4.90 Å². The predicted molar refractivity (Wildman–Crippen MR) is 142 cm³/mol. The molecule has 2 aromatic carbocycles. The number of aryl methyl sites for hydroxylation is 1. The lowest BCUT2D eigenvalue weighted by Gasteiger charge is -2.42. The predicted octanol–water partition coefficient (Wildman–Crippen LogP) is 4.77. The maximum atomic E-state index is 13.9. The third-order valence-corrected chi connectivity index (χ3v) is 8.30. The summed E-state index contributed by atoms with van der Waals surface area (Å²) in [5.74, 6) is 0.0103. The zero-order chi connectivity index (χ0) is 28.6. The van der Waals surface area contributed by atoms with Gasteiger partial charge >= 0.3 is 0 Å². The second-order valence-corrected chi connectivity index (χ2v) is 10.6. The molecule has 2 saturated heterocycles. The van der Waals surface area contributed by atoms with Crippen LogP contribution in [0.25, 0.3) is 10.9 Å². The molecule has 0 atom stereocenters. The highest BCUT2D eigenvalue weighted by molar-refractivity contribution is 6.20. The van der Waals surface area contributed by atoms with E-state index in [0.717, 1.165) is 71.3 Å². The van der Waals surface area contributed by atoms with E-state index in [1.54, 1.807) is 12.1 Å². The van der Waals surface area contributed by atoms with Gasteiger partial charge in [-0.05, 0) is 54.7 Å². The van der Waals surface area contributed by atoms with Gasteiger partial charge in [0.1, 0.15) is 0 Å². The van der Waals surface area contributed by atoms with Crippen molar-refractivity contribution in [2.75, 3.05) is 44.2 Å². The second-order valence-electron chi connectivity index (χ2n) is 10.6. The molecule has 0 unspecified atom stereocenters. The van der Waals surface area contributed by atoms with Gasteiger partial charge in [-0.3, -0.25) is 9.69 Å². The summed E-state index contributed by atoms with van der Waals surface area (Å²) in [6.07, 6.45) is 2.37. The molecule has 2 aliphatic heterocycles. The number of fused-ring (bicyclic) bond motifs is 4. The summed E-state index contributed by atoms with van der Waals surface area (Å²) in [4.78, 5) is 21.7. The summed E-state index contributed by atoms with van der Waals surface area (Å²) >= 11 is 0. The first-order valence-electron chi connectivity index (χ1n) is 14.8. The largest absolute Gasteiger partial charge is 0.379 e. The van der Waals surface area contributed by atoms with E-state index in [1.807, 2.05) is 11.0 Å². The van der Waals surface area contributed by atoms with Crippen LogP contribution >= 0.6 is 0 Å². The van der Waals surface area contributed by atoms with Crippen LogP contribution in [-0.4, -0.2) is 61.0 Å². The molecule has 6 nitrogen and oxygen atoms in total. The lowest BCUT2D eigenvalue weighted by atomic mass is 9.70. The maximum absolute atomic E-state index is 13.9. The Labute approximate surface area is 218 Å². The lowest BCUT2D eigenvalue weighted by molar-refractivity contribution is 0.0115. The number of rotatable bonds is 3. The molecule has 6 rings (SSSR count). The van der Waals surface area contributed by atoms with Crippen LogP contribution in [0.1, 0.15) is 77.4 Å². The summed E-state index contributed by atoms with van der Waals surface area (Å²) in [5, 5.41) is 10.2. The van der Waals surface area contributed by atoms with Gasteiger partial charge in [0.15, 0.2) is 5.78 Å². The van der Waals surface area contributed by atoms with Crippen molar-refractivity contribution in [3.8, 4) is 6.07 Å². The van der Waals surface area contributed by atoms with E-state index in [2.05, 4.69) is 48.9 Å². The van der Waals surface area contributed by atoms with Crippen molar-refractivity contribution >= 4 is 22.4 Å². The first kappa shape index (κ1) is 19.0. The topological polar surface area (TPSA) is 72.4 Å². The molecule has 0 saturated carbocycles. The number of aromatic amines is 1. The van der Waals surface area contributed by atoms with Crippen molar-refractivity contribution in [3.63, 3.8) is 0 Å². The smallest absolute Gasteiger partial charge is 0.195 e. The molecule has 3 heterocycles. The number of nitrogens with zero attached hydrogens (tertiary/aromatic N) is 3. The standard InChI is InChI=1S/C30H34N4O2/c1-4-20-16-23-24(17-26(20)34-9-7-21(8-10-34)33-11-13-36-14-12-33)30(2,3)29-27(28(23)35)22-6-5-19(18-31)15-25(22)32-29/h5-6,15-17,21,32H,4,7-14H2,1-3H3/i13D2,14D2. The molecule has 2 fully saturated rings. The van der Waals surface area contributed by atoms with Gasteiger partial charge in [-0.2, -0.15) is 5.26 Å². The number of carbonyl (C=O) groups is 1. The van der Waals surface area contributed by atoms with Crippen LogP contribution in [0.15, 0.2) is 30.3 Å². The van der Waals surface area contributed by atoms with Gasteiger partial charge in [0, 0.05) is 65.5 Å². The zero-order valence-electron chi connectivity index (χ0n) is 25.1. The van der Waals surface area contributed by atoms with Crippen LogP contribution in [0.5, 0.6) is 0 Å². The molecule has 0 radical (unpaired) electrons. The van der Waals surface area contributed by atoms with Gasteiger partial charge in [0.05, 0.1) is 35.8 Å². The van der Waals surface area contributed by atoms with Crippen molar-refractivity contribution in [1.82, 2.24) is 9.88 Å². The van der Waals surface area contributed by atoms with Crippen molar-refractivity contribution in [3.05, 3.63) is 63.8 Å². The Hall–Kier alpha value is -3.14. The quantitative estimate of drug-likeness (QED) is 0.577. The van der Waals surface area contributed by atoms with E-state index in [-0.39, 0.29) is 24.9 Å². The van der Waals surface area contributed by atoms with Crippen LogP contribution in [-0.2, 0) is 16.6 Å². The van der Waals surface area contributed by atoms with E-state index in [0.29, 0.717) is 11.1 Å². The van der Waals surface area contributed by atoms with E-state index in [4.69, 9.17) is 10.2 Å². The number of hydrogen-bond acceptors (Lipinski definition) is 5. The minimum atomic E-state index is -2.01. The molecule has 6 heteroatoms. The Bertz CT molecular complexity index is 1550. The van der Waals surface area contributed by atoms with Gasteiger partial charge in [-0.25, -0.2) is 0 Å². The number of anilines is 1. The number of benzene rings is 2. The highest BCUT2D eigenvalue weighted by atomic mass is 16.5. The normalized spacial score (nSPS) is 24.7. The molecule has 1 aliphatic carbocycles. The minimum Gasteiger partial charge on any atom is -0.379 e. The fourth-order valence-corrected chi connectivity index (χ4v) is 6.22. The molecule has 1 N–H and O–H groups in total. The third kappa shape index (κ3) is 3.56. The number of carbonyl (C=O) groups excluding carboxylic acids is 1. The van der Waals surface area contributed by atoms with Crippen molar-refractivity contribution in [2.24, 2.45) is 0 Å². The Morgan fingerprint density at radius 1 is 1.17 bits per heavy atom. The number of ketones is 1. The van der Waals surface area contributed by atoms with E-state index >= 15 is 0 Å². The number of nitrogens with one attached hydrogen (secondary N) is 1. The Morgan fingerprint density at radius 2 is 1.92 bits per heavy atom. The van der Waals surface area contributed by atoms with Crippen molar-refractivity contribution in [2.45, 2.75) is 51.5 Å². The summed E-state index contributed by atoms with van der Waals surface area (Å²) in [5.41, 5.74) is 6.43. The molecular formula is C30H34N4O2. The number of ether oxygens (including phenoxy) is 1. The Balaban J connectivity index is 1.32. The van der Waals surface area contributed by atoms with E-state index < -0.39 is 18.5 Å². The number of piperidine rings is 1. The first-order valence-corrected chi connectivity index (χ1v) is 12.8. The van der Waals surface area contributed by atoms with Gasteiger partial charge in [0.2, 0.25) is 0 Å². The summed E-state index contributed by atoms with van der Waals surface area (Å²) < 4.78 is 37.1. The summed E-state index contributed by atoms with van der Waals surface area (Å²) in [7, 11) is 0. The molecule has 1 aromatic heterocycles. The average Bonchev–Trinajstić information content (AvgIpc) is 3.29. The number of morpholine rings is 1. The highest BCUT2D eigenvalue weighted by Crippen LogP contribution is 2.46. The fourth-order valence-electron chi connectivity index (χ4n) is 6.22. The fraction of sp³-hybridized carbons (Fsp3) is 0.467. The van der Waals surface area contributed by atoms with Gasteiger partial charge < -0.3 is 14.6 Å². The molecule has 3 aliphatic rings. The number of H-pyrrole nitrogens is 1. The summed E-state index contributed by atoms with van der Waals surface area (Å²) in [6.45, 7) is 4.02. The lowest BCUT2D eigenvalue weighted by Crippen LogP contribution is -2.49. The number of aromatic nitrogens is 1. The monoisotopic (exact) mass is 486 g/mol. The molecule has 186 valence electrons. The van der Waals surface area contributed by atoms with Crippen LogP contribution in [0, 0.1) is 11.3 Å². The average molecular weight is 487 g/mol. The first-order chi connectivity index (χ1) is 18.8.